The molecule has 7 heteroatoms. The number of amides is 2. The maximum absolute atomic E-state index is 12.9. The number of aliphatic carboxylic acids is 1. The van der Waals surface area contributed by atoms with Crippen molar-refractivity contribution in [3.63, 3.8) is 0 Å². The van der Waals surface area contributed by atoms with Crippen LogP contribution < -0.4 is 10.7 Å². The smallest absolute Gasteiger partial charge is 0.329 e. The summed E-state index contributed by atoms with van der Waals surface area (Å²) in [6, 6.07) is 14.5. The molecule has 0 unspecified atom stereocenters. The monoisotopic (exact) mass is 331 g/mol. The number of benzene rings is 2. The van der Waals surface area contributed by atoms with Crippen LogP contribution in [0.25, 0.3) is 0 Å². The van der Waals surface area contributed by atoms with E-state index in [1.807, 2.05) is 30.3 Å². The third kappa shape index (κ3) is 6.05. The van der Waals surface area contributed by atoms with Gasteiger partial charge in [-0.15, -0.1) is 0 Å². The maximum Gasteiger partial charge on any atom is 0.329 e. The van der Waals surface area contributed by atoms with Gasteiger partial charge in [0, 0.05) is 13.1 Å². The summed E-state index contributed by atoms with van der Waals surface area (Å²) in [5, 5.41) is 12.9. The minimum Gasteiger partial charge on any atom is -0.480 e. The lowest BCUT2D eigenvalue weighted by atomic mass is 10.2. The Labute approximate surface area is 138 Å². The normalized spacial score (nSPS) is 10.4. The van der Waals surface area contributed by atoms with Crippen LogP contribution in [0.15, 0.2) is 54.6 Å². The van der Waals surface area contributed by atoms with Crippen molar-refractivity contribution in [1.82, 2.24) is 15.8 Å². The zero-order valence-corrected chi connectivity index (χ0v) is 12.9. The third-order valence-corrected chi connectivity index (χ3v) is 3.17. The van der Waals surface area contributed by atoms with E-state index in [-0.39, 0.29) is 18.9 Å². The van der Waals surface area contributed by atoms with Crippen LogP contribution in [0, 0.1) is 5.82 Å². The minimum absolute atomic E-state index is 0.144. The lowest BCUT2D eigenvalue weighted by Crippen LogP contribution is -2.48. The molecular weight excluding hydrogens is 313 g/mol. The Morgan fingerprint density at radius 3 is 2.29 bits per heavy atom. The van der Waals surface area contributed by atoms with Gasteiger partial charge in [-0.05, 0) is 23.3 Å². The number of rotatable bonds is 7. The summed E-state index contributed by atoms with van der Waals surface area (Å²) >= 11 is 0. The highest BCUT2D eigenvalue weighted by molar-refractivity contribution is 5.74. The molecule has 0 atom stereocenters. The number of carbonyl (C=O) groups is 2. The first-order chi connectivity index (χ1) is 11.5. The Hall–Kier alpha value is -2.93. The maximum atomic E-state index is 12.9. The van der Waals surface area contributed by atoms with Crippen molar-refractivity contribution < 1.29 is 19.1 Å². The van der Waals surface area contributed by atoms with Crippen molar-refractivity contribution >= 4 is 12.0 Å². The predicted molar refractivity (Wildman–Crippen MR) is 86.3 cm³/mol. The minimum atomic E-state index is -1.08. The van der Waals surface area contributed by atoms with Gasteiger partial charge in [-0.1, -0.05) is 42.5 Å². The molecule has 0 saturated heterocycles. The molecule has 0 saturated carbocycles. The van der Waals surface area contributed by atoms with E-state index in [0.717, 1.165) is 5.56 Å². The molecule has 24 heavy (non-hydrogen) atoms. The highest BCUT2D eigenvalue weighted by atomic mass is 19.1. The number of hydrazine groups is 1. The number of nitrogens with zero attached hydrogens (tertiary/aromatic N) is 1. The van der Waals surface area contributed by atoms with Crippen LogP contribution in [-0.4, -0.2) is 28.7 Å². The fraction of sp³-hybridized carbons (Fsp3) is 0.176. The number of hydrogen-bond acceptors (Lipinski definition) is 3. The second-order valence-electron chi connectivity index (χ2n) is 5.16. The predicted octanol–water partition coefficient (Wildman–Crippen LogP) is 2.13. The average Bonchev–Trinajstić information content (AvgIpc) is 2.55. The Morgan fingerprint density at radius 1 is 1.00 bits per heavy atom. The van der Waals surface area contributed by atoms with Gasteiger partial charge in [0.05, 0.1) is 0 Å². The Bertz CT molecular complexity index is 677. The molecule has 0 aliphatic carbocycles. The molecule has 2 aromatic carbocycles. The topological polar surface area (TPSA) is 81.7 Å². The SMILES string of the molecule is O=C(O)CN(Cc1ccc(F)cc1)NC(=O)NCc1ccccc1. The molecule has 2 rings (SSSR count). The van der Waals surface area contributed by atoms with E-state index in [1.54, 1.807) is 0 Å². The number of carboxylic acid groups (broad SMARTS) is 1. The van der Waals surface area contributed by atoms with E-state index in [9.17, 15) is 14.0 Å². The van der Waals surface area contributed by atoms with Gasteiger partial charge in [0.2, 0.25) is 0 Å². The number of carbonyl (C=O) groups excluding carboxylic acids is 1. The van der Waals surface area contributed by atoms with E-state index >= 15 is 0 Å². The van der Waals surface area contributed by atoms with Crippen LogP contribution in [0.5, 0.6) is 0 Å². The van der Waals surface area contributed by atoms with Gasteiger partial charge in [0.15, 0.2) is 0 Å². The number of nitrogens with one attached hydrogen (secondary N) is 2. The van der Waals surface area contributed by atoms with Crippen LogP contribution in [-0.2, 0) is 17.9 Å². The molecule has 0 bridgehead atoms. The highest BCUT2D eigenvalue weighted by Gasteiger charge is 2.13. The summed E-state index contributed by atoms with van der Waals surface area (Å²) in [5.41, 5.74) is 4.10. The van der Waals surface area contributed by atoms with Gasteiger partial charge in [0.25, 0.3) is 0 Å². The van der Waals surface area contributed by atoms with E-state index in [2.05, 4.69) is 10.7 Å². The van der Waals surface area contributed by atoms with Gasteiger partial charge in [-0.25, -0.2) is 14.2 Å². The van der Waals surface area contributed by atoms with Crippen molar-refractivity contribution in [3.05, 3.63) is 71.5 Å². The van der Waals surface area contributed by atoms with Crippen LogP contribution in [0.4, 0.5) is 9.18 Å². The van der Waals surface area contributed by atoms with Gasteiger partial charge in [0.1, 0.15) is 12.4 Å². The van der Waals surface area contributed by atoms with Crippen molar-refractivity contribution in [2.75, 3.05) is 6.54 Å². The first kappa shape index (κ1) is 17.4. The molecule has 0 aliphatic rings. The fourth-order valence-corrected chi connectivity index (χ4v) is 2.07. The zero-order valence-electron chi connectivity index (χ0n) is 12.9. The standard InChI is InChI=1S/C17H18FN3O3/c18-15-8-6-14(7-9-15)11-21(12-16(22)23)20-17(24)19-10-13-4-2-1-3-5-13/h1-9H,10-12H2,(H,22,23)(H2,19,20,24). The van der Waals surface area contributed by atoms with E-state index in [1.165, 1.54) is 29.3 Å². The van der Waals surface area contributed by atoms with E-state index < -0.39 is 12.0 Å². The molecule has 3 N–H and O–H groups in total. The van der Waals surface area contributed by atoms with Crippen LogP contribution >= 0.6 is 0 Å². The molecule has 2 amide bonds. The second-order valence-corrected chi connectivity index (χ2v) is 5.16. The van der Waals surface area contributed by atoms with Crippen molar-refractivity contribution in [3.8, 4) is 0 Å². The van der Waals surface area contributed by atoms with Crippen LogP contribution in [0.2, 0.25) is 0 Å². The lowest BCUT2D eigenvalue weighted by molar-refractivity contribution is -0.139. The number of halogens is 1. The van der Waals surface area contributed by atoms with Crippen molar-refractivity contribution in [2.45, 2.75) is 13.1 Å². The van der Waals surface area contributed by atoms with Gasteiger partial charge in [-0.2, -0.15) is 0 Å². The molecule has 0 aromatic heterocycles. The van der Waals surface area contributed by atoms with Crippen LogP contribution in [0.1, 0.15) is 11.1 Å². The van der Waals surface area contributed by atoms with Gasteiger partial charge >= 0.3 is 12.0 Å². The first-order valence-electron chi connectivity index (χ1n) is 7.32. The van der Waals surface area contributed by atoms with Crippen molar-refractivity contribution in [1.29, 1.82) is 0 Å². The number of carboxylic acids is 1. The third-order valence-electron chi connectivity index (χ3n) is 3.17. The average molecular weight is 331 g/mol. The Balaban J connectivity index is 1.91. The quantitative estimate of drug-likeness (QED) is 0.679. The number of hydrogen-bond donors (Lipinski definition) is 3. The molecule has 126 valence electrons. The largest absolute Gasteiger partial charge is 0.480 e. The zero-order chi connectivity index (χ0) is 17.4. The molecule has 0 radical (unpaired) electrons. The number of urea groups is 1. The van der Waals surface area contributed by atoms with Gasteiger partial charge < -0.3 is 10.4 Å². The Morgan fingerprint density at radius 2 is 1.67 bits per heavy atom. The second kappa shape index (κ2) is 8.64. The van der Waals surface area contributed by atoms with E-state index in [4.69, 9.17) is 5.11 Å². The van der Waals surface area contributed by atoms with E-state index in [0.29, 0.717) is 12.1 Å². The fourth-order valence-electron chi connectivity index (χ4n) is 2.07. The molecule has 2 aromatic rings. The molecule has 0 spiro atoms. The Kier molecular flexibility index (Phi) is 6.27. The summed E-state index contributed by atoms with van der Waals surface area (Å²) in [5.74, 6) is -1.46. The summed E-state index contributed by atoms with van der Waals surface area (Å²) in [6.07, 6.45) is 0. The summed E-state index contributed by atoms with van der Waals surface area (Å²) in [7, 11) is 0. The molecule has 0 heterocycles. The summed E-state index contributed by atoms with van der Waals surface area (Å²) in [4.78, 5) is 22.9. The molecular formula is C17H18FN3O3. The highest BCUT2D eigenvalue weighted by Crippen LogP contribution is 2.05. The lowest BCUT2D eigenvalue weighted by Gasteiger charge is -2.21. The van der Waals surface area contributed by atoms with Crippen LogP contribution in [0.3, 0.4) is 0 Å². The first-order valence-corrected chi connectivity index (χ1v) is 7.32. The van der Waals surface area contributed by atoms with Gasteiger partial charge in [-0.3, -0.25) is 10.2 Å². The molecule has 6 nitrogen and oxygen atoms in total. The summed E-state index contributed by atoms with van der Waals surface area (Å²) < 4.78 is 12.9. The molecule has 0 fully saturated rings. The summed E-state index contributed by atoms with van der Waals surface area (Å²) in [6.45, 7) is 0.0889. The van der Waals surface area contributed by atoms with Crippen molar-refractivity contribution in [2.24, 2.45) is 0 Å². The molecule has 0 aliphatic heterocycles.